The van der Waals surface area contributed by atoms with Crippen LogP contribution in [0.1, 0.15) is 126 Å². The molecular weight excluding hydrogens is 406 g/mol. The number of rotatable bonds is 16. The third kappa shape index (κ3) is 8.36. The Morgan fingerprint density at radius 2 is 1.23 bits per heavy atom. The maximum absolute atomic E-state index is 12.4. The molecule has 0 saturated carbocycles. The number of H-pyrrole nitrogens is 1. The number of aromatic amines is 1. The van der Waals surface area contributed by atoms with Crippen LogP contribution < -0.4 is 0 Å². The fourth-order valence-electron chi connectivity index (χ4n) is 4.27. The summed E-state index contributed by atoms with van der Waals surface area (Å²) in [6.07, 6.45) is 19.6. The summed E-state index contributed by atoms with van der Waals surface area (Å²) in [4.78, 5) is 27.5. The zero-order valence-electron chi connectivity index (χ0n) is 19.1. The fraction of sp³-hybridized carbons (Fsp3) is 0.654. The van der Waals surface area contributed by atoms with Crippen LogP contribution in [0, 0.1) is 4.64 Å². The van der Waals surface area contributed by atoms with Crippen molar-refractivity contribution in [3.63, 3.8) is 0 Å². The maximum atomic E-state index is 12.4. The van der Waals surface area contributed by atoms with E-state index in [1.807, 2.05) is 0 Å². The predicted molar refractivity (Wildman–Crippen MR) is 130 cm³/mol. The number of carbonyl (C=O) groups is 2. The lowest BCUT2D eigenvalue weighted by Gasteiger charge is -2.17. The van der Waals surface area contributed by atoms with Crippen LogP contribution >= 0.6 is 12.2 Å². The molecule has 2 rings (SSSR count). The van der Waals surface area contributed by atoms with Crippen LogP contribution in [-0.4, -0.2) is 21.7 Å². The molecule has 0 aromatic carbocycles. The Bertz CT molecular complexity index is 809. The molecule has 1 aromatic rings. The molecule has 0 fully saturated rings. The summed E-state index contributed by atoms with van der Waals surface area (Å²) >= 11 is 5.08. The SMILES string of the molecule is CCCCCCCCCCCCCCCCCC1=C(O)c2[nH]c(=S)ccc2C(=O)C1=O. The van der Waals surface area contributed by atoms with E-state index in [0.717, 1.165) is 19.3 Å². The highest BCUT2D eigenvalue weighted by Crippen LogP contribution is 2.29. The molecule has 172 valence electrons. The Labute approximate surface area is 192 Å². The quantitative estimate of drug-likeness (QED) is 0.153. The van der Waals surface area contributed by atoms with Gasteiger partial charge in [-0.2, -0.15) is 0 Å². The number of nitrogens with one attached hydrogen (secondary N) is 1. The smallest absolute Gasteiger partial charge is 0.235 e. The highest BCUT2D eigenvalue weighted by atomic mass is 32.1. The molecule has 4 nitrogen and oxygen atoms in total. The second-order valence-corrected chi connectivity index (χ2v) is 9.24. The van der Waals surface area contributed by atoms with E-state index in [9.17, 15) is 14.7 Å². The normalized spacial score (nSPS) is 13.7. The molecule has 0 unspecified atom stereocenters. The Balaban J connectivity index is 1.56. The molecular formula is C26H39NO3S. The van der Waals surface area contributed by atoms with Gasteiger partial charge in [0.2, 0.25) is 11.6 Å². The molecule has 1 aromatic heterocycles. The number of pyridine rings is 1. The number of hydrogen-bond donors (Lipinski definition) is 2. The molecule has 1 aliphatic rings. The topological polar surface area (TPSA) is 70.2 Å². The Morgan fingerprint density at radius 1 is 0.742 bits per heavy atom. The molecule has 0 saturated heterocycles. The number of carbonyl (C=O) groups excluding carboxylic acids is 2. The largest absolute Gasteiger partial charge is 0.505 e. The minimum absolute atomic E-state index is 0.114. The number of aliphatic hydroxyl groups is 1. The Kier molecular flexibility index (Phi) is 11.8. The van der Waals surface area contributed by atoms with Crippen LogP contribution in [0.25, 0.3) is 5.76 Å². The van der Waals surface area contributed by atoms with E-state index >= 15 is 0 Å². The predicted octanol–water partition coefficient (Wildman–Crippen LogP) is 8.04. The molecule has 0 amide bonds. The van der Waals surface area contributed by atoms with Crippen molar-refractivity contribution in [3.05, 3.63) is 33.6 Å². The molecule has 1 aliphatic carbocycles. The van der Waals surface area contributed by atoms with Crippen LogP contribution in [0.4, 0.5) is 0 Å². The summed E-state index contributed by atoms with van der Waals surface area (Å²) in [5.41, 5.74) is 0.716. The van der Waals surface area contributed by atoms with Crippen molar-refractivity contribution in [1.82, 2.24) is 4.98 Å². The van der Waals surface area contributed by atoms with Gasteiger partial charge in [-0.15, -0.1) is 0 Å². The van der Waals surface area contributed by atoms with E-state index in [1.165, 1.54) is 83.1 Å². The van der Waals surface area contributed by atoms with E-state index < -0.39 is 11.6 Å². The van der Waals surface area contributed by atoms with Gasteiger partial charge >= 0.3 is 0 Å². The van der Waals surface area contributed by atoms with Crippen molar-refractivity contribution in [3.8, 4) is 0 Å². The van der Waals surface area contributed by atoms with Gasteiger partial charge in [0.1, 0.15) is 10.4 Å². The van der Waals surface area contributed by atoms with Gasteiger partial charge in [-0.05, 0) is 25.0 Å². The number of fused-ring (bicyclic) bond motifs is 1. The molecule has 5 heteroatoms. The highest BCUT2D eigenvalue weighted by molar-refractivity contribution is 7.71. The van der Waals surface area contributed by atoms with Crippen LogP contribution in [0.3, 0.4) is 0 Å². The molecule has 1 heterocycles. The fourth-order valence-corrected chi connectivity index (χ4v) is 4.44. The van der Waals surface area contributed by atoms with Gasteiger partial charge in [0, 0.05) is 5.57 Å². The van der Waals surface area contributed by atoms with Crippen molar-refractivity contribution in [2.24, 2.45) is 0 Å². The first-order valence-electron chi connectivity index (χ1n) is 12.3. The Morgan fingerprint density at radius 3 is 1.74 bits per heavy atom. The second kappa shape index (κ2) is 14.3. The average molecular weight is 446 g/mol. The second-order valence-electron chi connectivity index (χ2n) is 8.80. The van der Waals surface area contributed by atoms with Crippen molar-refractivity contribution >= 4 is 29.5 Å². The molecule has 31 heavy (non-hydrogen) atoms. The van der Waals surface area contributed by atoms with Gasteiger partial charge in [0.15, 0.2) is 0 Å². The highest BCUT2D eigenvalue weighted by Gasteiger charge is 2.32. The number of hydrogen-bond acceptors (Lipinski definition) is 4. The molecule has 0 atom stereocenters. The lowest BCUT2D eigenvalue weighted by atomic mass is 9.89. The molecule has 0 bridgehead atoms. The van der Waals surface area contributed by atoms with Gasteiger partial charge in [-0.3, -0.25) is 9.59 Å². The number of allylic oxidation sites excluding steroid dienone is 1. The summed E-state index contributed by atoms with van der Waals surface area (Å²) in [5.74, 6) is -1.26. The minimum atomic E-state index is -0.583. The number of Topliss-reactive ketones (excluding diaryl/α,β-unsaturated/α-hetero) is 2. The summed E-state index contributed by atoms with van der Waals surface area (Å²) < 4.78 is 0.429. The molecule has 0 aliphatic heterocycles. The first-order chi connectivity index (χ1) is 15.1. The van der Waals surface area contributed by atoms with E-state index in [-0.39, 0.29) is 22.6 Å². The lowest BCUT2D eigenvalue weighted by Crippen LogP contribution is -2.25. The van der Waals surface area contributed by atoms with Crippen molar-refractivity contribution in [2.75, 3.05) is 0 Å². The third-order valence-electron chi connectivity index (χ3n) is 6.20. The first-order valence-corrected chi connectivity index (χ1v) is 12.7. The van der Waals surface area contributed by atoms with Crippen LogP contribution in [0.5, 0.6) is 0 Å². The first kappa shape index (κ1) is 25.5. The number of ketones is 2. The van der Waals surface area contributed by atoms with Gasteiger partial charge in [-0.1, -0.05) is 109 Å². The lowest BCUT2D eigenvalue weighted by molar-refractivity contribution is -0.112. The van der Waals surface area contributed by atoms with Gasteiger partial charge in [0.25, 0.3) is 0 Å². The van der Waals surface area contributed by atoms with Crippen molar-refractivity contribution in [2.45, 2.75) is 110 Å². The number of aromatic nitrogens is 1. The van der Waals surface area contributed by atoms with Crippen molar-refractivity contribution in [1.29, 1.82) is 0 Å². The van der Waals surface area contributed by atoms with E-state index in [1.54, 1.807) is 6.07 Å². The maximum Gasteiger partial charge on any atom is 0.235 e. The Hall–Kier alpha value is -1.75. The summed E-state index contributed by atoms with van der Waals surface area (Å²) in [6, 6.07) is 3.07. The number of unbranched alkanes of at least 4 members (excludes halogenated alkanes) is 14. The third-order valence-corrected chi connectivity index (χ3v) is 6.43. The zero-order valence-corrected chi connectivity index (χ0v) is 20.0. The molecule has 2 N–H and O–H groups in total. The van der Waals surface area contributed by atoms with Crippen LogP contribution in [0.2, 0.25) is 0 Å². The zero-order chi connectivity index (χ0) is 22.5. The van der Waals surface area contributed by atoms with Gasteiger partial charge < -0.3 is 10.1 Å². The summed E-state index contributed by atoms with van der Waals surface area (Å²) in [5, 5.41) is 10.5. The minimum Gasteiger partial charge on any atom is -0.505 e. The van der Waals surface area contributed by atoms with Crippen LogP contribution in [-0.2, 0) is 4.79 Å². The van der Waals surface area contributed by atoms with E-state index in [4.69, 9.17) is 12.2 Å². The van der Waals surface area contributed by atoms with E-state index in [0.29, 0.717) is 11.1 Å². The monoisotopic (exact) mass is 445 g/mol. The average Bonchev–Trinajstić information content (AvgIpc) is 2.76. The van der Waals surface area contributed by atoms with Crippen LogP contribution in [0.15, 0.2) is 17.7 Å². The van der Waals surface area contributed by atoms with Crippen molar-refractivity contribution < 1.29 is 14.7 Å². The van der Waals surface area contributed by atoms with E-state index in [2.05, 4.69) is 11.9 Å². The number of aliphatic hydroxyl groups excluding tert-OH is 1. The van der Waals surface area contributed by atoms with Gasteiger partial charge in [-0.25, -0.2) is 0 Å². The standard InChI is InChI=1S/C26H39NO3S/c1-2-3-4-5-6-7-8-9-10-11-12-13-14-15-16-17-21-24(28)23-20(25(29)26(21)30)18-19-22(31)27-23/h18-19,28H,2-17H2,1H3,(H,27,31). The molecule has 0 radical (unpaired) electrons. The molecule has 0 spiro atoms. The summed E-state index contributed by atoms with van der Waals surface area (Å²) in [6.45, 7) is 2.26. The van der Waals surface area contributed by atoms with Gasteiger partial charge in [0.05, 0.1) is 11.3 Å². The summed E-state index contributed by atoms with van der Waals surface area (Å²) in [7, 11) is 0.